The second-order valence-electron chi connectivity index (χ2n) is 5.18. The first-order chi connectivity index (χ1) is 8.24. The van der Waals surface area contributed by atoms with Crippen molar-refractivity contribution in [3.63, 3.8) is 0 Å². The molecule has 3 nitrogen and oxygen atoms in total. The van der Waals surface area contributed by atoms with Crippen molar-refractivity contribution >= 4 is 0 Å². The van der Waals surface area contributed by atoms with Crippen molar-refractivity contribution in [2.45, 2.75) is 37.8 Å². The second-order valence-corrected chi connectivity index (χ2v) is 5.18. The number of phenols is 1. The Hall–Kier alpha value is -1.22. The maximum Gasteiger partial charge on any atom is 0.126 e. The number of nitrogens with zero attached hydrogens (tertiary/aromatic N) is 1. The molecule has 1 fully saturated rings. The molecule has 1 aromatic carbocycles. The fourth-order valence-corrected chi connectivity index (χ4v) is 3.06. The minimum absolute atomic E-state index is 0.289. The Morgan fingerprint density at radius 1 is 1.35 bits per heavy atom. The number of aromatic hydroxyl groups is 1. The van der Waals surface area contributed by atoms with Gasteiger partial charge >= 0.3 is 0 Å². The van der Waals surface area contributed by atoms with Crippen molar-refractivity contribution in [2.24, 2.45) is 0 Å². The Bertz CT molecular complexity index is 419. The predicted molar refractivity (Wildman–Crippen MR) is 66.5 cm³/mol. The number of likely N-dealkylation sites (tertiary alicyclic amines) is 1. The molecular weight excluding hydrogens is 214 g/mol. The number of ether oxygens (including phenoxy) is 1. The van der Waals surface area contributed by atoms with Gasteiger partial charge in [-0.25, -0.2) is 0 Å². The number of likely N-dealkylation sites (N-methyl/N-ethyl adjacent to an activating group) is 1. The van der Waals surface area contributed by atoms with Crippen molar-refractivity contribution in [1.29, 1.82) is 0 Å². The molecule has 17 heavy (non-hydrogen) atoms. The van der Waals surface area contributed by atoms with Crippen LogP contribution in [0, 0.1) is 0 Å². The third-order valence-electron chi connectivity index (χ3n) is 4.03. The topological polar surface area (TPSA) is 32.7 Å². The summed E-state index contributed by atoms with van der Waals surface area (Å²) < 4.78 is 6.07. The quantitative estimate of drug-likeness (QED) is 0.807. The van der Waals surface area contributed by atoms with Gasteiger partial charge in [0.25, 0.3) is 0 Å². The van der Waals surface area contributed by atoms with Crippen molar-refractivity contribution < 1.29 is 9.84 Å². The molecule has 0 unspecified atom stereocenters. The Kier molecular flexibility index (Phi) is 2.71. The van der Waals surface area contributed by atoms with Gasteiger partial charge < -0.3 is 9.84 Å². The maximum absolute atomic E-state index is 9.50. The molecule has 1 N–H and O–H groups in total. The van der Waals surface area contributed by atoms with Crippen LogP contribution in [0.25, 0.3) is 0 Å². The van der Waals surface area contributed by atoms with Crippen LogP contribution in [0.5, 0.6) is 11.5 Å². The summed E-state index contributed by atoms with van der Waals surface area (Å²) in [4.78, 5) is 2.40. The zero-order valence-electron chi connectivity index (χ0n) is 10.2. The maximum atomic E-state index is 9.50. The summed E-state index contributed by atoms with van der Waals surface area (Å²) in [7, 11) is 2.18. The fourth-order valence-electron chi connectivity index (χ4n) is 3.06. The average molecular weight is 233 g/mol. The van der Waals surface area contributed by atoms with Crippen molar-refractivity contribution in [2.75, 3.05) is 13.6 Å². The van der Waals surface area contributed by atoms with Crippen LogP contribution in [0.1, 0.15) is 24.8 Å². The van der Waals surface area contributed by atoms with Crippen LogP contribution in [0.2, 0.25) is 0 Å². The van der Waals surface area contributed by atoms with E-state index in [0.29, 0.717) is 11.8 Å². The zero-order chi connectivity index (χ0) is 11.8. The third-order valence-corrected chi connectivity index (χ3v) is 4.03. The molecule has 0 saturated carbocycles. The highest BCUT2D eigenvalue weighted by atomic mass is 16.5. The molecule has 92 valence electrons. The van der Waals surface area contributed by atoms with Gasteiger partial charge in [-0.15, -0.1) is 0 Å². The van der Waals surface area contributed by atoms with Gasteiger partial charge in [0.15, 0.2) is 0 Å². The molecule has 3 heteroatoms. The van der Waals surface area contributed by atoms with Gasteiger partial charge in [0.1, 0.15) is 17.6 Å². The number of aryl methyl sites for hydroxylation is 1. The largest absolute Gasteiger partial charge is 0.508 e. The lowest BCUT2D eigenvalue weighted by molar-refractivity contribution is 0.0883. The van der Waals surface area contributed by atoms with E-state index in [1.54, 1.807) is 12.1 Å². The van der Waals surface area contributed by atoms with E-state index in [9.17, 15) is 5.11 Å². The second kappa shape index (κ2) is 4.22. The summed E-state index contributed by atoms with van der Waals surface area (Å²) in [6.45, 7) is 1.18. The number of benzene rings is 1. The molecule has 0 spiro atoms. The van der Waals surface area contributed by atoms with Crippen LogP contribution in [-0.4, -0.2) is 35.7 Å². The lowest BCUT2D eigenvalue weighted by Crippen LogP contribution is -2.41. The summed E-state index contributed by atoms with van der Waals surface area (Å²) in [5, 5.41) is 9.50. The summed E-state index contributed by atoms with van der Waals surface area (Å²) >= 11 is 0. The third kappa shape index (κ3) is 2.00. The van der Waals surface area contributed by atoms with Gasteiger partial charge in [-0.1, -0.05) is 6.07 Å². The van der Waals surface area contributed by atoms with Crippen molar-refractivity contribution in [3.05, 3.63) is 23.8 Å². The Morgan fingerprint density at radius 3 is 3.00 bits per heavy atom. The van der Waals surface area contributed by atoms with Crippen molar-refractivity contribution in [3.8, 4) is 11.5 Å². The predicted octanol–water partition coefficient (Wildman–Crippen LogP) is 2.18. The molecule has 2 heterocycles. The van der Waals surface area contributed by atoms with E-state index in [-0.39, 0.29) is 6.10 Å². The molecule has 0 aliphatic carbocycles. The summed E-state index contributed by atoms with van der Waals surface area (Å²) in [6.07, 6.45) is 4.94. The standard InChI is InChI=1S/C14H19NO2/c1-15-8-2-3-12(15)13-7-5-10-4-6-11(16)9-14(10)17-13/h4,6,9,12-13,16H,2-3,5,7-8H2,1H3/t12-,13+/m1/s1. The zero-order valence-corrected chi connectivity index (χ0v) is 10.2. The van der Waals surface area contributed by atoms with Gasteiger partial charge in [0, 0.05) is 12.1 Å². The molecule has 0 amide bonds. The molecule has 2 atom stereocenters. The first kappa shape index (κ1) is 10.9. The Labute approximate surface area is 102 Å². The van der Waals surface area contributed by atoms with E-state index in [2.05, 4.69) is 11.9 Å². The van der Waals surface area contributed by atoms with Gasteiger partial charge in [0.2, 0.25) is 0 Å². The first-order valence-corrected chi connectivity index (χ1v) is 6.43. The minimum Gasteiger partial charge on any atom is -0.508 e. The molecule has 3 rings (SSSR count). The van der Waals surface area contributed by atoms with Gasteiger partial charge in [0.05, 0.1) is 0 Å². The number of hydrogen-bond donors (Lipinski definition) is 1. The van der Waals surface area contributed by atoms with Crippen LogP contribution >= 0.6 is 0 Å². The van der Waals surface area contributed by atoms with Crippen LogP contribution in [0.3, 0.4) is 0 Å². The van der Waals surface area contributed by atoms with E-state index >= 15 is 0 Å². The number of phenolic OH excluding ortho intramolecular Hbond substituents is 1. The first-order valence-electron chi connectivity index (χ1n) is 6.43. The summed E-state index contributed by atoms with van der Waals surface area (Å²) in [6, 6.07) is 6.00. The average Bonchev–Trinajstić information content (AvgIpc) is 2.74. The number of fused-ring (bicyclic) bond motifs is 1. The Morgan fingerprint density at radius 2 is 2.24 bits per heavy atom. The van der Waals surface area contributed by atoms with E-state index < -0.39 is 0 Å². The molecule has 0 radical (unpaired) electrons. The Balaban J connectivity index is 1.80. The monoisotopic (exact) mass is 233 g/mol. The number of hydrogen-bond acceptors (Lipinski definition) is 3. The molecule has 2 aliphatic rings. The highest BCUT2D eigenvalue weighted by Gasteiger charge is 2.33. The molecular formula is C14H19NO2. The van der Waals surface area contributed by atoms with Gasteiger partial charge in [-0.3, -0.25) is 4.90 Å². The highest BCUT2D eigenvalue weighted by molar-refractivity contribution is 5.41. The van der Waals surface area contributed by atoms with Gasteiger partial charge in [-0.2, -0.15) is 0 Å². The number of rotatable bonds is 1. The van der Waals surface area contributed by atoms with E-state index in [1.165, 1.54) is 24.9 Å². The highest BCUT2D eigenvalue weighted by Crippen LogP contribution is 2.34. The normalized spacial score (nSPS) is 28.8. The van der Waals surface area contributed by atoms with E-state index in [4.69, 9.17) is 4.74 Å². The van der Waals surface area contributed by atoms with Crippen molar-refractivity contribution in [1.82, 2.24) is 4.90 Å². The molecule has 0 aromatic heterocycles. The van der Waals surface area contributed by atoms with Crippen LogP contribution in [0.4, 0.5) is 0 Å². The van der Waals surface area contributed by atoms with E-state index in [1.807, 2.05) is 6.07 Å². The molecule has 0 bridgehead atoms. The lowest BCUT2D eigenvalue weighted by Gasteiger charge is -2.33. The smallest absolute Gasteiger partial charge is 0.126 e. The van der Waals surface area contributed by atoms with Crippen LogP contribution in [-0.2, 0) is 6.42 Å². The summed E-state index contributed by atoms with van der Waals surface area (Å²) in [5.74, 6) is 1.17. The summed E-state index contributed by atoms with van der Waals surface area (Å²) in [5.41, 5.74) is 1.22. The molecule has 2 aliphatic heterocycles. The SMILES string of the molecule is CN1CCC[C@@H]1[C@@H]1CCc2ccc(O)cc2O1. The molecule has 1 saturated heterocycles. The lowest BCUT2D eigenvalue weighted by atomic mass is 9.96. The van der Waals surface area contributed by atoms with Gasteiger partial charge in [-0.05, 0) is 50.9 Å². The molecule has 1 aromatic rings. The van der Waals surface area contributed by atoms with Crippen LogP contribution in [0.15, 0.2) is 18.2 Å². The fraction of sp³-hybridized carbons (Fsp3) is 0.571. The van der Waals surface area contributed by atoms with Crippen LogP contribution < -0.4 is 4.74 Å². The minimum atomic E-state index is 0.289. The van der Waals surface area contributed by atoms with E-state index in [0.717, 1.165) is 18.6 Å².